The molecular weight excluding hydrogens is 284 g/mol. The zero-order chi connectivity index (χ0) is 15.6. The van der Waals surface area contributed by atoms with Crippen molar-refractivity contribution in [3.8, 4) is 0 Å². The topological polar surface area (TPSA) is 55.2 Å². The SMILES string of the molecule is CN(C)C(=O)COC1CCOC2(C1)CN(Cc1ccoc1)C2. The fraction of sp³-hybridized carbons (Fsp3) is 0.688. The minimum absolute atomic E-state index is 0.00994. The minimum atomic E-state index is -0.0895. The predicted octanol–water partition coefficient (Wildman–Crippen LogP) is 1.12. The summed E-state index contributed by atoms with van der Waals surface area (Å²) >= 11 is 0. The highest BCUT2D eigenvalue weighted by atomic mass is 16.5. The van der Waals surface area contributed by atoms with E-state index in [1.54, 1.807) is 31.5 Å². The number of furan rings is 1. The van der Waals surface area contributed by atoms with E-state index in [1.165, 1.54) is 5.56 Å². The van der Waals surface area contributed by atoms with Crippen molar-refractivity contribution in [2.75, 3.05) is 40.4 Å². The first-order valence-corrected chi connectivity index (χ1v) is 7.75. The summed E-state index contributed by atoms with van der Waals surface area (Å²) in [5, 5.41) is 0. The van der Waals surface area contributed by atoms with Crippen LogP contribution in [0.3, 0.4) is 0 Å². The summed E-state index contributed by atoms with van der Waals surface area (Å²) in [5.74, 6) is 0.00994. The molecule has 1 unspecified atom stereocenters. The molecule has 3 heterocycles. The highest BCUT2D eigenvalue weighted by Gasteiger charge is 2.47. The first-order valence-electron chi connectivity index (χ1n) is 7.75. The third-order valence-electron chi connectivity index (χ3n) is 4.40. The second-order valence-corrected chi connectivity index (χ2v) is 6.52. The summed E-state index contributed by atoms with van der Waals surface area (Å²) in [4.78, 5) is 15.5. The van der Waals surface area contributed by atoms with Gasteiger partial charge in [0.2, 0.25) is 5.91 Å². The lowest BCUT2D eigenvalue weighted by molar-refractivity contribution is -0.200. The highest BCUT2D eigenvalue weighted by Crippen LogP contribution is 2.36. The van der Waals surface area contributed by atoms with Crippen LogP contribution in [-0.2, 0) is 20.8 Å². The van der Waals surface area contributed by atoms with Gasteiger partial charge in [-0.2, -0.15) is 0 Å². The van der Waals surface area contributed by atoms with Crippen molar-refractivity contribution < 1.29 is 18.7 Å². The van der Waals surface area contributed by atoms with Crippen LogP contribution in [0.5, 0.6) is 0 Å². The van der Waals surface area contributed by atoms with E-state index in [2.05, 4.69) is 4.90 Å². The smallest absolute Gasteiger partial charge is 0.248 e. The molecule has 122 valence electrons. The van der Waals surface area contributed by atoms with Crippen LogP contribution in [0.15, 0.2) is 23.0 Å². The third kappa shape index (κ3) is 3.51. The minimum Gasteiger partial charge on any atom is -0.472 e. The molecule has 22 heavy (non-hydrogen) atoms. The molecular formula is C16H24N2O4. The van der Waals surface area contributed by atoms with Gasteiger partial charge in [-0.15, -0.1) is 0 Å². The molecule has 1 aromatic rings. The van der Waals surface area contributed by atoms with Crippen molar-refractivity contribution in [1.82, 2.24) is 9.80 Å². The second kappa shape index (κ2) is 6.40. The van der Waals surface area contributed by atoms with Crippen molar-refractivity contribution in [2.45, 2.75) is 31.1 Å². The number of ether oxygens (including phenoxy) is 2. The molecule has 0 bridgehead atoms. The van der Waals surface area contributed by atoms with Crippen molar-refractivity contribution in [3.63, 3.8) is 0 Å². The number of carbonyl (C=O) groups is 1. The van der Waals surface area contributed by atoms with Crippen LogP contribution < -0.4 is 0 Å². The fourth-order valence-electron chi connectivity index (χ4n) is 3.19. The monoisotopic (exact) mass is 308 g/mol. The predicted molar refractivity (Wildman–Crippen MR) is 80.3 cm³/mol. The van der Waals surface area contributed by atoms with E-state index in [4.69, 9.17) is 13.9 Å². The molecule has 0 aliphatic carbocycles. The van der Waals surface area contributed by atoms with Crippen LogP contribution >= 0.6 is 0 Å². The van der Waals surface area contributed by atoms with Crippen molar-refractivity contribution in [1.29, 1.82) is 0 Å². The average molecular weight is 308 g/mol. The van der Waals surface area contributed by atoms with Crippen molar-refractivity contribution in [2.24, 2.45) is 0 Å². The molecule has 2 aliphatic rings. The lowest BCUT2D eigenvalue weighted by Crippen LogP contribution is -2.65. The molecule has 1 amide bonds. The molecule has 1 aromatic heterocycles. The summed E-state index contributed by atoms with van der Waals surface area (Å²) in [6, 6.07) is 1.99. The Bertz CT molecular complexity index is 494. The standard InChI is InChI=1S/C16H24N2O4/c1-17(2)15(19)10-21-14-4-6-22-16(7-14)11-18(12-16)8-13-3-5-20-9-13/h3,5,9,14H,4,6-8,10-12H2,1-2H3. The molecule has 0 N–H and O–H groups in total. The largest absolute Gasteiger partial charge is 0.472 e. The van der Waals surface area contributed by atoms with Gasteiger partial charge in [-0.1, -0.05) is 0 Å². The molecule has 0 aromatic carbocycles. The molecule has 1 spiro atoms. The Kier molecular flexibility index (Phi) is 4.52. The first-order chi connectivity index (χ1) is 10.6. The Morgan fingerprint density at radius 3 is 3.00 bits per heavy atom. The van der Waals surface area contributed by atoms with Gasteiger partial charge in [-0.05, 0) is 12.5 Å². The Hall–Kier alpha value is -1.37. The van der Waals surface area contributed by atoms with E-state index in [9.17, 15) is 4.79 Å². The Morgan fingerprint density at radius 1 is 1.50 bits per heavy atom. The number of hydrogen-bond acceptors (Lipinski definition) is 5. The van der Waals surface area contributed by atoms with Crippen LogP contribution in [0, 0.1) is 0 Å². The molecule has 3 rings (SSSR count). The zero-order valence-electron chi connectivity index (χ0n) is 13.3. The van der Waals surface area contributed by atoms with Gasteiger partial charge < -0.3 is 18.8 Å². The number of likely N-dealkylation sites (tertiary alicyclic amines) is 1. The highest BCUT2D eigenvalue weighted by molar-refractivity contribution is 5.76. The number of rotatable bonds is 5. The van der Waals surface area contributed by atoms with Crippen LogP contribution in [-0.4, -0.2) is 67.8 Å². The molecule has 0 saturated carbocycles. The quantitative estimate of drug-likeness (QED) is 0.816. The molecule has 2 saturated heterocycles. The van der Waals surface area contributed by atoms with Gasteiger partial charge in [0, 0.05) is 52.3 Å². The van der Waals surface area contributed by atoms with Crippen molar-refractivity contribution in [3.05, 3.63) is 24.2 Å². The van der Waals surface area contributed by atoms with Gasteiger partial charge >= 0.3 is 0 Å². The maximum atomic E-state index is 11.6. The van der Waals surface area contributed by atoms with E-state index in [1.807, 2.05) is 6.07 Å². The molecule has 6 heteroatoms. The van der Waals surface area contributed by atoms with E-state index in [0.29, 0.717) is 6.61 Å². The first kappa shape index (κ1) is 15.5. The summed E-state index contributed by atoms with van der Waals surface area (Å²) in [5.41, 5.74) is 1.10. The van der Waals surface area contributed by atoms with Crippen molar-refractivity contribution >= 4 is 5.91 Å². The van der Waals surface area contributed by atoms with Gasteiger partial charge in [-0.3, -0.25) is 9.69 Å². The second-order valence-electron chi connectivity index (χ2n) is 6.52. The van der Waals surface area contributed by atoms with Crippen LogP contribution in [0.4, 0.5) is 0 Å². The van der Waals surface area contributed by atoms with Gasteiger partial charge in [0.05, 0.1) is 24.2 Å². The summed E-state index contributed by atoms with van der Waals surface area (Å²) in [6.45, 7) is 3.60. The molecule has 6 nitrogen and oxygen atoms in total. The summed E-state index contributed by atoms with van der Waals surface area (Å²) in [7, 11) is 3.49. The number of amides is 1. The average Bonchev–Trinajstić information content (AvgIpc) is 2.96. The van der Waals surface area contributed by atoms with E-state index >= 15 is 0 Å². The normalized spacial score (nSPS) is 24.2. The Labute approximate surface area is 131 Å². The maximum absolute atomic E-state index is 11.6. The van der Waals surface area contributed by atoms with Crippen LogP contribution in [0.1, 0.15) is 18.4 Å². The van der Waals surface area contributed by atoms with Crippen LogP contribution in [0.2, 0.25) is 0 Å². The summed E-state index contributed by atoms with van der Waals surface area (Å²) < 4.78 is 16.9. The number of likely N-dealkylation sites (N-methyl/N-ethyl adjacent to an activating group) is 1. The number of hydrogen-bond donors (Lipinski definition) is 0. The van der Waals surface area contributed by atoms with E-state index in [-0.39, 0.29) is 24.2 Å². The van der Waals surface area contributed by atoms with Gasteiger partial charge in [0.1, 0.15) is 6.61 Å². The lowest BCUT2D eigenvalue weighted by atomic mass is 9.84. The Morgan fingerprint density at radius 2 is 2.32 bits per heavy atom. The molecule has 2 fully saturated rings. The Balaban J connectivity index is 1.44. The number of nitrogens with zero attached hydrogens (tertiary/aromatic N) is 2. The molecule has 1 atom stereocenters. The lowest BCUT2D eigenvalue weighted by Gasteiger charge is -2.53. The van der Waals surface area contributed by atoms with Gasteiger partial charge in [0.25, 0.3) is 0 Å². The van der Waals surface area contributed by atoms with Crippen LogP contribution in [0.25, 0.3) is 0 Å². The molecule has 2 aliphatic heterocycles. The summed E-state index contributed by atoms with van der Waals surface area (Å²) in [6.07, 6.45) is 5.34. The zero-order valence-corrected chi connectivity index (χ0v) is 13.3. The maximum Gasteiger partial charge on any atom is 0.248 e. The van der Waals surface area contributed by atoms with Gasteiger partial charge in [0.15, 0.2) is 0 Å². The fourth-order valence-corrected chi connectivity index (χ4v) is 3.19. The third-order valence-corrected chi connectivity index (χ3v) is 4.40. The van der Waals surface area contributed by atoms with E-state index < -0.39 is 0 Å². The number of carbonyl (C=O) groups excluding carboxylic acids is 1. The van der Waals surface area contributed by atoms with Gasteiger partial charge in [-0.25, -0.2) is 0 Å². The molecule has 0 radical (unpaired) electrons. The van der Waals surface area contributed by atoms with E-state index in [0.717, 1.165) is 32.5 Å².